The second kappa shape index (κ2) is 12.1. The van der Waals surface area contributed by atoms with Crippen LogP contribution < -0.4 is 19.6 Å². The minimum Gasteiger partial charge on any atom is -0.490 e. The number of benzene rings is 3. The number of non-ortho nitro benzene ring substituents is 1. The predicted octanol–water partition coefficient (Wildman–Crippen LogP) is 6.31. The van der Waals surface area contributed by atoms with Gasteiger partial charge in [0.2, 0.25) is 0 Å². The maximum absolute atomic E-state index is 10.7. The van der Waals surface area contributed by atoms with Crippen LogP contribution in [0.3, 0.4) is 0 Å². The molecule has 33 heavy (non-hydrogen) atoms. The molecule has 0 unspecified atom stereocenters. The van der Waals surface area contributed by atoms with Crippen LogP contribution in [0, 0.1) is 10.1 Å². The molecule has 3 rings (SSSR count). The summed E-state index contributed by atoms with van der Waals surface area (Å²) in [5.74, 6) is 1.66. The van der Waals surface area contributed by atoms with E-state index in [9.17, 15) is 10.1 Å². The van der Waals surface area contributed by atoms with Crippen LogP contribution in [-0.4, -0.2) is 31.0 Å². The molecular weight excluding hydrogens is 514 g/mol. The molecule has 3 aromatic carbocycles. The minimum absolute atomic E-state index is 0.00972. The molecule has 0 atom stereocenters. The van der Waals surface area contributed by atoms with Crippen LogP contribution in [0.1, 0.15) is 12.5 Å². The first-order chi connectivity index (χ1) is 16.0. The summed E-state index contributed by atoms with van der Waals surface area (Å²) in [7, 11) is 0. The van der Waals surface area contributed by atoms with Crippen molar-refractivity contribution in [1.29, 1.82) is 0 Å². The van der Waals surface area contributed by atoms with Crippen molar-refractivity contribution in [2.75, 3.05) is 25.2 Å². The number of nitrogens with zero attached hydrogens (tertiary/aromatic N) is 2. The normalized spacial score (nSPS) is 10.8. The zero-order valence-electron chi connectivity index (χ0n) is 17.7. The van der Waals surface area contributed by atoms with Gasteiger partial charge in [-0.05, 0) is 61.0 Å². The van der Waals surface area contributed by atoms with Crippen LogP contribution in [0.25, 0.3) is 0 Å². The Labute approximate surface area is 204 Å². The van der Waals surface area contributed by atoms with Gasteiger partial charge in [0.15, 0.2) is 11.5 Å². The number of nitrogens with one attached hydrogen (secondary N) is 1. The van der Waals surface area contributed by atoms with Crippen LogP contribution in [-0.2, 0) is 0 Å². The highest BCUT2D eigenvalue weighted by Gasteiger charge is 2.12. The van der Waals surface area contributed by atoms with E-state index in [0.717, 1.165) is 10.2 Å². The van der Waals surface area contributed by atoms with Crippen molar-refractivity contribution in [1.82, 2.24) is 0 Å². The quantitative estimate of drug-likeness (QED) is 0.134. The maximum atomic E-state index is 10.7. The molecule has 0 radical (unpaired) electrons. The number of rotatable bonds is 11. The number of halogens is 2. The predicted molar refractivity (Wildman–Crippen MR) is 132 cm³/mol. The summed E-state index contributed by atoms with van der Waals surface area (Å²) in [5, 5.41) is 15.3. The number of ether oxygens (including phenoxy) is 3. The van der Waals surface area contributed by atoms with Gasteiger partial charge in [-0.25, -0.2) is 0 Å². The molecule has 0 fully saturated rings. The molecule has 0 saturated heterocycles. The van der Waals surface area contributed by atoms with E-state index < -0.39 is 4.92 Å². The van der Waals surface area contributed by atoms with Gasteiger partial charge < -0.3 is 14.2 Å². The lowest BCUT2D eigenvalue weighted by Gasteiger charge is -2.15. The average Bonchev–Trinajstić information content (AvgIpc) is 2.80. The first kappa shape index (κ1) is 24.3. The standard InChI is InChI=1S/C23H21BrClN3O5/c1-2-31-22-14-16(15-26-27-18-5-7-19(8-6-18)28(29)30)13-21(25)23(22)33-12-11-32-20-9-3-17(24)4-10-20/h3-10,13-15,27H,2,11-12H2,1H3/b26-15-. The first-order valence-electron chi connectivity index (χ1n) is 9.97. The molecule has 0 spiro atoms. The van der Waals surface area contributed by atoms with E-state index >= 15 is 0 Å². The Hall–Kier alpha value is -3.30. The fourth-order valence-electron chi connectivity index (χ4n) is 2.74. The zero-order valence-corrected chi connectivity index (χ0v) is 20.0. The maximum Gasteiger partial charge on any atom is 0.269 e. The van der Waals surface area contributed by atoms with Gasteiger partial charge in [0.25, 0.3) is 5.69 Å². The summed E-state index contributed by atoms with van der Waals surface area (Å²) < 4.78 is 18.1. The molecule has 10 heteroatoms. The smallest absolute Gasteiger partial charge is 0.269 e. The molecule has 8 nitrogen and oxygen atoms in total. The minimum atomic E-state index is -0.457. The van der Waals surface area contributed by atoms with Crippen LogP contribution in [0.2, 0.25) is 5.02 Å². The van der Waals surface area contributed by atoms with E-state index in [1.54, 1.807) is 30.5 Å². The summed E-state index contributed by atoms with van der Waals surface area (Å²) >= 11 is 9.81. The molecule has 0 bridgehead atoms. The Kier molecular flexibility index (Phi) is 8.91. The van der Waals surface area contributed by atoms with Crippen molar-refractivity contribution in [2.24, 2.45) is 5.10 Å². The Morgan fingerprint density at radius 3 is 2.42 bits per heavy atom. The SMILES string of the molecule is CCOc1cc(/C=N\Nc2ccc([N+](=O)[O-])cc2)cc(Cl)c1OCCOc1ccc(Br)cc1. The molecule has 0 aliphatic heterocycles. The highest BCUT2D eigenvalue weighted by molar-refractivity contribution is 9.10. The Balaban J connectivity index is 1.61. The van der Waals surface area contributed by atoms with E-state index in [-0.39, 0.29) is 12.3 Å². The number of anilines is 1. The van der Waals surface area contributed by atoms with Crippen molar-refractivity contribution in [3.8, 4) is 17.2 Å². The second-order valence-corrected chi connectivity index (χ2v) is 7.91. The zero-order chi connectivity index (χ0) is 23.6. The summed E-state index contributed by atoms with van der Waals surface area (Å²) in [6.07, 6.45) is 1.57. The van der Waals surface area contributed by atoms with Gasteiger partial charge in [-0.2, -0.15) is 5.10 Å². The average molecular weight is 535 g/mol. The molecule has 0 aliphatic carbocycles. The van der Waals surface area contributed by atoms with E-state index in [1.165, 1.54) is 12.1 Å². The van der Waals surface area contributed by atoms with E-state index in [4.69, 9.17) is 25.8 Å². The number of hydrogen-bond acceptors (Lipinski definition) is 7. The highest BCUT2D eigenvalue weighted by atomic mass is 79.9. The van der Waals surface area contributed by atoms with Crippen molar-refractivity contribution < 1.29 is 19.1 Å². The van der Waals surface area contributed by atoms with Crippen LogP contribution >= 0.6 is 27.5 Å². The third-order valence-electron chi connectivity index (χ3n) is 4.23. The molecule has 0 saturated carbocycles. The van der Waals surface area contributed by atoms with Gasteiger partial charge in [-0.3, -0.25) is 15.5 Å². The van der Waals surface area contributed by atoms with Crippen LogP contribution in [0.5, 0.6) is 17.2 Å². The summed E-state index contributed by atoms with van der Waals surface area (Å²) in [4.78, 5) is 10.3. The fourth-order valence-corrected chi connectivity index (χ4v) is 3.28. The Bertz CT molecular complexity index is 1110. The largest absolute Gasteiger partial charge is 0.490 e. The number of hydrazone groups is 1. The summed E-state index contributed by atoms with van der Waals surface area (Å²) in [5.41, 5.74) is 4.13. The molecular formula is C23H21BrClN3O5. The lowest BCUT2D eigenvalue weighted by atomic mass is 10.2. The molecule has 0 aromatic heterocycles. The molecule has 0 amide bonds. The summed E-state index contributed by atoms with van der Waals surface area (Å²) in [6, 6.07) is 16.9. The van der Waals surface area contributed by atoms with Crippen LogP contribution in [0.4, 0.5) is 11.4 Å². The fraction of sp³-hybridized carbons (Fsp3) is 0.174. The van der Waals surface area contributed by atoms with E-state index in [2.05, 4.69) is 26.5 Å². The molecule has 0 heterocycles. The van der Waals surface area contributed by atoms with Gasteiger partial charge in [-0.15, -0.1) is 0 Å². The monoisotopic (exact) mass is 533 g/mol. The second-order valence-electron chi connectivity index (χ2n) is 6.59. The van der Waals surface area contributed by atoms with Crippen LogP contribution in [0.15, 0.2) is 70.2 Å². The van der Waals surface area contributed by atoms with Crippen molar-refractivity contribution in [2.45, 2.75) is 6.92 Å². The van der Waals surface area contributed by atoms with E-state index in [0.29, 0.717) is 41.0 Å². The van der Waals surface area contributed by atoms with Gasteiger partial charge in [0, 0.05) is 16.6 Å². The topological polar surface area (TPSA) is 95.2 Å². The third kappa shape index (κ3) is 7.37. The molecule has 1 N–H and O–H groups in total. The van der Waals surface area contributed by atoms with Gasteiger partial charge in [-0.1, -0.05) is 27.5 Å². The van der Waals surface area contributed by atoms with Gasteiger partial charge in [0.05, 0.1) is 28.5 Å². The van der Waals surface area contributed by atoms with Gasteiger partial charge in [0.1, 0.15) is 19.0 Å². The van der Waals surface area contributed by atoms with Crippen molar-refractivity contribution in [3.63, 3.8) is 0 Å². The number of nitro benzene ring substituents is 1. The van der Waals surface area contributed by atoms with Crippen molar-refractivity contribution in [3.05, 3.63) is 85.8 Å². The lowest BCUT2D eigenvalue weighted by molar-refractivity contribution is -0.384. The molecule has 3 aromatic rings. The molecule has 172 valence electrons. The third-order valence-corrected chi connectivity index (χ3v) is 5.04. The Morgan fingerprint density at radius 1 is 1.06 bits per heavy atom. The number of nitro groups is 1. The van der Waals surface area contributed by atoms with Gasteiger partial charge >= 0.3 is 0 Å². The summed E-state index contributed by atoms with van der Waals surface area (Å²) in [6.45, 7) is 2.92. The molecule has 0 aliphatic rings. The lowest BCUT2D eigenvalue weighted by Crippen LogP contribution is -2.10. The van der Waals surface area contributed by atoms with E-state index in [1.807, 2.05) is 31.2 Å². The van der Waals surface area contributed by atoms with Crippen molar-refractivity contribution >= 4 is 45.1 Å². The highest BCUT2D eigenvalue weighted by Crippen LogP contribution is 2.36. The number of hydrogen-bond donors (Lipinski definition) is 1. The first-order valence-corrected chi connectivity index (χ1v) is 11.1. The Morgan fingerprint density at radius 2 is 1.76 bits per heavy atom.